The first-order chi connectivity index (χ1) is 7.84. The van der Waals surface area contributed by atoms with Crippen molar-refractivity contribution in [2.24, 2.45) is 0 Å². The highest BCUT2D eigenvalue weighted by molar-refractivity contribution is 5.03. The summed E-state index contributed by atoms with van der Waals surface area (Å²) < 4.78 is 0. The lowest BCUT2D eigenvalue weighted by Crippen LogP contribution is -2.34. The molecule has 0 radical (unpaired) electrons. The summed E-state index contributed by atoms with van der Waals surface area (Å²) >= 11 is 0. The number of hydrogen-bond acceptors (Lipinski definition) is 3. The van der Waals surface area contributed by atoms with E-state index in [0.717, 1.165) is 25.1 Å². The number of rotatable bonds is 3. The molecule has 1 unspecified atom stereocenters. The Hall–Kier alpha value is -1.22. The topological polar surface area (TPSA) is 48.8 Å². The van der Waals surface area contributed by atoms with Gasteiger partial charge in [0.25, 0.3) is 0 Å². The fourth-order valence-corrected chi connectivity index (χ4v) is 2.17. The highest BCUT2D eigenvalue weighted by Crippen LogP contribution is 2.11. The molecule has 2 heterocycles. The predicted octanol–water partition coefficient (Wildman–Crippen LogP) is 1.64. The third-order valence-electron chi connectivity index (χ3n) is 3.08. The summed E-state index contributed by atoms with van der Waals surface area (Å²) in [6, 6.07) is 8.23. The second-order valence-corrected chi connectivity index (χ2v) is 4.39. The van der Waals surface area contributed by atoms with Crippen molar-refractivity contribution in [3.63, 3.8) is 0 Å². The molecule has 1 fully saturated rings. The Morgan fingerprint density at radius 1 is 1.31 bits per heavy atom. The monoisotopic (exact) mass is 217 g/mol. The normalized spacial score (nSPS) is 20.6. The maximum absolute atomic E-state index is 7.55. The summed E-state index contributed by atoms with van der Waals surface area (Å²) in [5, 5.41) is 11.1. The van der Waals surface area contributed by atoms with Crippen LogP contribution >= 0.6 is 0 Å². The van der Waals surface area contributed by atoms with Gasteiger partial charge in [-0.25, -0.2) is 4.98 Å². The largest absolute Gasteiger partial charge is 0.314 e. The van der Waals surface area contributed by atoms with Crippen LogP contribution < -0.4 is 10.8 Å². The number of piperidine rings is 1. The maximum atomic E-state index is 7.55. The molecular weight excluding hydrogens is 198 g/mol. The quantitative estimate of drug-likeness (QED) is 0.808. The van der Waals surface area contributed by atoms with Crippen LogP contribution in [0, 0.1) is 5.41 Å². The van der Waals surface area contributed by atoms with Crippen molar-refractivity contribution in [3.05, 3.63) is 35.4 Å². The lowest BCUT2D eigenvalue weighted by molar-refractivity contribution is 0.382. The van der Waals surface area contributed by atoms with E-state index in [-0.39, 0.29) is 0 Å². The number of nitrogens with one attached hydrogen (secondary N) is 2. The van der Waals surface area contributed by atoms with Crippen LogP contribution in [0.3, 0.4) is 0 Å². The van der Waals surface area contributed by atoms with E-state index >= 15 is 0 Å². The van der Waals surface area contributed by atoms with E-state index in [1.165, 1.54) is 19.3 Å². The van der Waals surface area contributed by atoms with Gasteiger partial charge in [0.15, 0.2) is 0 Å². The fourth-order valence-electron chi connectivity index (χ4n) is 2.17. The first kappa shape index (κ1) is 11.3. The number of nitrogens with zero attached hydrogens (tertiary/aromatic N) is 1. The van der Waals surface area contributed by atoms with Crippen molar-refractivity contribution < 1.29 is 0 Å². The lowest BCUT2D eigenvalue weighted by Gasteiger charge is -2.22. The van der Waals surface area contributed by atoms with Gasteiger partial charge in [0.05, 0.1) is 0 Å². The van der Waals surface area contributed by atoms with Crippen molar-refractivity contribution in [1.29, 1.82) is 5.41 Å². The molecule has 86 valence electrons. The molecule has 1 aliphatic rings. The summed E-state index contributed by atoms with van der Waals surface area (Å²) in [4.78, 5) is 4.26. The molecule has 2 rings (SSSR count). The maximum Gasteiger partial charge on any atom is 0.144 e. The minimum atomic E-state index is 0.358. The molecule has 0 bridgehead atoms. The smallest absolute Gasteiger partial charge is 0.144 e. The van der Waals surface area contributed by atoms with Gasteiger partial charge in [-0.15, -0.1) is 0 Å². The van der Waals surface area contributed by atoms with E-state index in [2.05, 4.69) is 10.3 Å². The van der Waals surface area contributed by atoms with Crippen LogP contribution in [-0.2, 0) is 6.42 Å². The van der Waals surface area contributed by atoms with Gasteiger partial charge >= 0.3 is 0 Å². The molecule has 1 aromatic heterocycles. The molecule has 1 saturated heterocycles. The van der Waals surface area contributed by atoms with Gasteiger partial charge in [-0.3, -0.25) is 5.41 Å². The molecule has 2 N–H and O–H groups in total. The molecule has 0 saturated carbocycles. The van der Waals surface area contributed by atoms with Gasteiger partial charge in [0.1, 0.15) is 5.49 Å². The number of aryl methyl sites for hydroxylation is 1. The Kier molecular flexibility index (Phi) is 4.05. The molecule has 16 heavy (non-hydrogen) atoms. The summed E-state index contributed by atoms with van der Waals surface area (Å²) in [7, 11) is 0. The van der Waals surface area contributed by atoms with Crippen molar-refractivity contribution in [3.8, 4) is 0 Å². The SMILES string of the molecule is N=c1ccccc(CCC2CCCCN2)n1. The zero-order valence-electron chi connectivity index (χ0n) is 9.58. The fraction of sp³-hybridized carbons (Fsp3) is 0.538. The summed E-state index contributed by atoms with van der Waals surface area (Å²) in [6.07, 6.45) is 6.05. The minimum absolute atomic E-state index is 0.358. The molecule has 1 atom stereocenters. The van der Waals surface area contributed by atoms with Gasteiger partial charge < -0.3 is 5.32 Å². The van der Waals surface area contributed by atoms with Crippen LogP contribution in [0.1, 0.15) is 31.4 Å². The second-order valence-electron chi connectivity index (χ2n) is 4.39. The zero-order chi connectivity index (χ0) is 11.2. The number of aromatic nitrogens is 1. The first-order valence-electron chi connectivity index (χ1n) is 6.09. The molecule has 0 aromatic carbocycles. The van der Waals surface area contributed by atoms with Crippen molar-refractivity contribution >= 4 is 0 Å². The Balaban J connectivity index is 1.91. The molecule has 1 aromatic rings. The highest BCUT2D eigenvalue weighted by Gasteiger charge is 2.11. The standard InChI is InChI=1S/C13H19N3/c14-13-7-2-1-6-12(16-13)9-8-11-5-3-4-10-15-11/h1-2,6-7,11,14-15H,3-5,8-10H2. The third kappa shape index (κ3) is 3.42. The Morgan fingerprint density at radius 3 is 3.00 bits per heavy atom. The van der Waals surface area contributed by atoms with Crippen LogP contribution in [0.4, 0.5) is 0 Å². The van der Waals surface area contributed by atoms with E-state index in [4.69, 9.17) is 5.41 Å². The van der Waals surface area contributed by atoms with Gasteiger partial charge in [-0.05, 0) is 44.4 Å². The van der Waals surface area contributed by atoms with Gasteiger partial charge in [0, 0.05) is 11.7 Å². The van der Waals surface area contributed by atoms with E-state index in [0.29, 0.717) is 11.5 Å². The summed E-state index contributed by atoms with van der Waals surface area (Å²) in [6.45, 7) is 1.16. The van der Waals surface area contributed by atoms with Crippen LogP contribution in [0.25, 0.3) is 0 Å². The molecule has 3 nitrogen and oxygen atoms in total. The lowest BCUT2D eigenvalue weighted by atomic mass is 10.00. The molecule has 3 heteroatoms. The molecular formula is C13H19N3. The van der Waals surface area contributed by atoms with E-state index in [1.54, 1.807) is 6.07 Å². The average molecular weight is 217 g/mol. The molecule has 0 amide bonds. The number of hydrogen-bond donors (Lipinski definition) is 2. The minimum Gasteiger partial charge on any atom is -0.314 e. The Bertz CT molecular complexity index is 383. The molecule has 0 spiro atoms. The van der Waals surface area contributed by atoms with Gasteiger partial charge in [-0.2, -0.15) is 0 Å². The average Bonchev–Trinajstić information content (AvgIpc) is 2.52. The van der Waals surface area contributed by atoms with E-state index in [1.807, 2.05) is 18.2 Å². The zero-order valence-corrected chi connectivity index (χ0v) is 9.58. The first-order valence-corrected chi connectivity index (χ1v) is 6.09. The van der Waals surface area contributed by atoms with E-state index < -0.39 is 0 Å². The molecule has 1 aliphatic heterocycles. The predicted molar refractivity (Wildman–Crippen MR) is 64.1 cm³/mol. The van der Waals surface area contributed by atoms with Gasteiger partial charge in [0.2, 0.25) is 0 Å². The van der Waals surface area contributed by atoms with Gasteiger partial charge in [-0.1, -0.05) is 18.6 Å². The molecule has 0 aliphatic carbocycles. The van der Waals surface area contributed by atoms with Crippen LogP contribution in [0.5, 0.6) is 0 Å². The van der Waals surface area contributed by atoms with Crippen LogP contribution in [0.2, 0.25) is 0 Å². The summed E-state index contributed by atoms with van der Waals surface area (Å²) in [5.74, 6) is 0. The second kappa shape index (κ2) is 5.75. The highest BCUT2D eigenvalue weighted by atomic mass is 14.9. The van der Waals surface area contributed by atoms with Crippen molar-refractivity contribution in [2.45, 2.75) is 38.1 Å². The van der Waals surface area contributed by atoms with Crippen LogP contribution in [-0.4, -0.2) is 17.6 Å². The third-order valence-corrected chi connectivity index (χ3v) is 3.08. The van der Waals surface area contributed by atoms with Crippen molar-refractivity contribution in [2.75, 3.05) is 6.54 Å². The van der Waals surface area contributed by atoms with Crippen molar-refractivity contribution in [1.82, 2.24) is 10.3 Å². The Labute approximate surface area is 96.4 Å². The van der Waals surface area contributed by atoms with Crippen LogP contribution in [0.15, 0.2) is 24.3 Å². The van der Waals surface area contributed by atoms with E-state index in [9.17, 15) is 0 Å². The summed E-state index contributed by atoms with van der Waals surface area (Å²) in [5.41, 5.74) is 1.39. The Morgan fingerprint density at radius 2 is 2.19 bits per heavy atom.